The van der Waals surface area contributed by atoms with Gasteiger partial charge in [-0.25, -0.2) is 26.9 Å². The lowest BCUT2D eigenvalue weighted by Gasteiger charge is -2.25. The number of aromatic nitrogens is 2. The number of halogens is 4. The summed E-state index contributed by atoms with van der Waals surface area (Å²) in [6.07, 6.45) is 1.19. The minimum Gasteiger partial charge on any atom is -0.381 e. The van der Waals surface area contributed by atoms with Gasteiger partial charge in [0.05, 0.1) is 35.4 Å². The molecule has 2 N–H and O–H groups in total. The zero-order valence-electron chi connectivity index (χ0n) is 15.9. The van der Waals surface area contributed by atoms with Crippen molar-refractivity contribution >= 4 is 33.2 Å². The Balaban J connectivity index is 1.71. The highest BCUT2D eigenvalue weighted by Gasteiger charge is 2.27. The summed E-state index contributed by atoms with van der Waals surface area (Å²) in [5.41, 5.74) is 1.04. The van der Waals surface area contributed by atoms with Gasteiger partial charge in [-0.05, 0) is 35.4 Å². The lowest BCUT2D eigenvalue weighted by Crippen LogP contribution is -2.39. The minimum absolute atomic E-state index is 0.112. The van der Waals surface area contributed by atoms with Crippen molar-refractivity contribution in [2.24, 2.45) is 5.92 Å². The van der Waals surface area contributed by atoms with Crippen molar-refractivity contribution in [2.45, 2.75) is 10.9 Å². The number of nitrogens with one attached hydrogen (secondary N) is 2. The van der Waals surface area contributed by atoms with Crippen molar-refractivity contribution in [1.82, 2.24) is 14.7 Å². The zero-order valence-corrected chi connectivity index (χ0v) is 18.2. The van der Waals surface area contributed by atoms with Crippen LogP contribution in [-0.4, -0.2) is 38.1 Å². The molecule has 164 valence electrons. The van der Waals surface area contributed by atoms with Crippen LogP contribution in [0.2, 0.25) is 10.0 Å². The average molecular weight is 488 g/mol. The van der Waals surface area contributed by atoms with Gasteiger partial charge in [-0.3, -0.25) is 0 Å². The van der Waals surface area contributed by atoms with Crippen LogP contribution in [0.4, 0.5) is 8.78 Å². The smallest absolute Gasteiger partial charge is 0.257 e. The monoisotopic (exact) mass is 487 g/mol. The van der Waals surface area contributed by atoms with Crippen LogP contribution in [0.15, 0.2) is 47.6 Å². The number of hydrogen-bond acceptors (Lipinski definition) is 4. The Morgan fingerprint density at radius 1 is 1.10 bits per heavy atom. The molecule has 2 heterocycles. The first-order chi connectivity index (χ1) is 14.7. The molecule has 1 aliphatic heterocycles. The van der Waals surface area contributed by atoms with Gasteiger partial charge in [-0.2, -0.15) is 0 Å². The van der Waals surface area contributed by atoms with Crippen LogP contribution >= 0.6 is 23.2 Å². The SMILES string of the molecule is O=S(=O)(NCC1COC1)c1cnc(C(c2ccc(F)c(Cl)c2)c2ccc(F)c(Cl)c2)[nH]1. The maximum atomic E-state index is 13.7. The quantitative estimate of drug-likeness (QED) is 0.525. The molecule has 0 atom stereocenters. The molecule has 2 aromatic carbocycles. The second-order valence-electron chi connectivity index (χ2n) is 7.17. The molecule has 1 saturated heterocycles. The van der Waals surface area contributed by atoms with Gasteiger partial charge in [0.2, 0.25) is 0 Å². The van der Waals surface area contributed by atoms with E-state index in [0.29, 0.717) is 24.3 Å². The summed E-state index contributed by atoms with van der Waals surface area (Å²) in [5, 5.41) is -0.354. The molecule has 3 aromatic rings. The molecule has 0 spiro atoms. The molecular formula is C20H17Cl2F2N3O3S. The number of rotatable bonds is 7. The summed E-state index contributed by atoms with van der Waals surface area (Å²) in [6, 6.07) is 8.19. The molecule has 1 fully saturated rings. The van der Waals surface area contributed by atoms with Gasteiger partial charge in [0.15, 0.2) is 5.03 Å². The summed E-state index contributed by atoms with van der Waals surface area (Å²) in [7, 11) is -3.83. The van der Waals surface area contributed by atoms with Gasteiger partial charge >= 0.3 is 0 Å². The van der Waals surface area contributed by atoms with Crippen molar-refractivity contribution < 1.29 is 21.9 Å². The summed E-state index contributed by atoms with van der Waals surface area (Å²) in [6.45, 7) is 1.27. The van der Waals surface area contributed by atoms with Crippen LogP contribution in [0, 0.1) is 17.6 Å². The third-order valence-electron chi connectivity index (χ3n) is 4.96. The Labute approximate surface area is 187 Å². The first-order valence-corrected chi connectivity index (χ1v) is 11.5. The van der Waals surface area contributed by atoms with Crippen LogP contribution in [0.3, 0.4) is 0 Å². The largest absolute Gasteiger partial charge is 0.381 e. The fourth-order valence-electron chi connectivity index (χ4n) is 3.20. The van der Waals surface area contributed by atoms with Crippen molar-refractivity contribution in [3.8, 4) is 0 Å². The van der Waals surface area contributed by atoms with Crippen molar-refractivity contribution in [1.29, 1.82) is 0 Å². The minimum atomic E-state index is -3.83. The number of benzene rings is 2. The molecule has 1 aromatic heterocycles. The average Bonchev–Trinajstić information content (AvgIpc) is 3.17. The van der Waals surface area contributed by atoms with Gasteiger partial charge < -0.3 is 9.72 Å². The molecule has 0 amide bonds. The number of nitrogens with zero attached hydrogens (tertiary/aromatic N) is 1. The van der Waals surface area contributed by atoms with E-state index in [2.05, 4.69) is 14.7 Å². The molecule has 31 heavy (non-hydrogen) atoms. The molecule has 0 radical (unpaired) electrons. The van der Waals surface area contributed by atoms with Gasteiger partial charge in [0.25, 0.3) is 10.0 Å². The first kappa shape index (κ1) is 22.2. The number of imidazole rings is 1. The highest BCUT2D eigenvalue weighted by molar-refractivity contribution is 7.89. The number of ether oxygens (including phenoxy) is 1. The highest BCUT2D eigenvalue weighted by Crippen LogP contribution is 2.34. The molecule has 6 nitrogen and oxygen atoms in total. The Morgan fingerprint density at radius 3 is 2.16 bits per heavy atom. The number of H-pyrrole nitrogens is 1. The molecule has 4 rings (SSSR count). The normalized spacial score (nSPS) is 14.7. The molecule has 0 saturated carbocycles. The van der Waals surface area contributed by atoms with E-state index in [4.69, 9.17) is 27.9 Å². The third-order valence-corrected chi connectivity index (χ3v) is 6.87. The summed E-state index contributed by atoms with van der Waals surface area (Å²) >= 11 is 11.9. The van der Waals surface area contributed by atoms with E-state index >= 15 is 0 Å². The topological polar surface area (TPSA) is 84.1 Å². The van der Waals surface area contributed by atoms with Gasteiger partial charge in [0.1, 0.15) is 17.5 Å². The van der Waals surface area contributed by atoms with E-state index < -0.39 is 27.6 Å². The fourth-order valence-corrected chi connectivity index (χ4v) is 4.62. The Morgan fingerprint density at radius 2 is 1.68 bits per heavy atom. The van der Waals surface area contributed by atoms with E-state index in [1.807, 2.05) is 0 Å². The van der Waals surface area contributed by atoms with E-state index in [1.54, 1.807) is 0 Å². The van der Waals surface area contributed by atoms with Crippen LogP contribution in [0.25, 0.3) is 0 Å². The Hall–Kier alpha value is -2.04. The van der Waals surface area contributed by atoms with Crippen molar-refractivity contribution in [3.05, 3.63) is 81.2 Å². The fraction of sp³-hybridized carbons (Fsp3) is 0.250. The van der Waals surface area contributed by atoms with Gasteiger partial charge in [-0.1, -0.05) is 35.3 Å². The van der Waals surface area contributed by atoms with Crippen molar-refractivity contribution in [3.63, 3.8) is 0 Å². The van der Waals surface area contributed by atoms with Crippen molar-refractivity contribution in [2.75, 3.05) is 19.8 Å². The van der Waals surface area contributed by atoms with Crippen LogP contribution in [0.5, 0.6) is 0 Å². The Bertz CT molecular complexity index is 1160. The number of aromatic amines is 1. The lowest BCUT2D eigenvalue weighted by molar-refractivity contribution is -0.0284. The van der Waals surface area contributed by atoms with E-state index in [9.17, 15) is 17.2 Å². The molecular weight excluding hydrogens is 471 g/mol. The second kappa shape index (κ2) is 8.84. The molecule has 11 heteroatoms. The lowest BCUT2D eigenvalue weighted by atomic mass is 9.90. The standard InChI is InChI=1S/C20H17Cl2F2N3O3S/c21-14-5-12(1-3-16(14)23)19(13-2-4-17(24)15(22)6-13)20-25-8-18(27-20)31(28,29)26-7-11-9-30-10-11/h1-6,8,11,19,26H,7,9-10H2,(H,25,27). The summed E-state index contributed by atoms with van der Waals surface area (Å²) in [4.78, 5) is 7.04. The maximum absolute atomic E-state index is 13.7. The second-order valence-corrected chi connectivity index (χ2v) is 9.72. The number of sulfonamides is 1. The van der Waals surface area contributed by atoms with Gasteiger partial charge in [0, 0.05) is 12.5 Å². The van der Waals surface area contributed by atoms with E-state index in [0.717, 1.165) is 0 Å². The molecule has 0 aliphatic carbocycles. The molecule has 0 unspecified atom stereocenters. The number of hydrogen-bond donors (Lipinski definition) is 2. The first-order valence-electron chi connectivity index (χ1n) is 9.27. The summed E-state index contributed by atoms with van der Waals surface area (Å²) < 4.78 is 60.2. The van der Waals surface area contributed by atoms with E-state index in [1.165, 1.54) is 42.6 Å². The predicted molar refractivity (Wildman–Crippen MR) is 112 cm³/mol. The van der Waals surface area contributed by atoms with Crippen LogP contribution < -0.4 is 4.72 Å². The zero-order chi connectivity index (χ0) is 22.2. The van der Waals surface area contributed by atoms with E-state index in [-0.39, 0.29) is 33.4 Å². The summed E-state index contributed by atoms with van der Waals surface area (Å²) in [5.74, 6) is -1.52. The Kier molecular flexibility index (Phi) is 6.32. The van der Waals surface area contributed by atoms with Crippen LogP contribution in [-0.2, 0) is 14.8 Å². The van der Waals surface area contributed by atoms with Gasteiger partial charge in [-0.15, -0.1) is 0 Å². The van der Waals surface area contributed by atoms with Crippen LogP contribution in [0.1, 0.15) is 22.9 Å². The molecule has 0 bridgehead atoms. The molecule has 1 aliphatic rings. The predicted octanol–water partition coefficient (Wildman–Crippen LogP) is 4.10. The third kappa shape index (κ3) is 4.75. The highest BCUT2D eigenvalue weighted by atomic mass is 35.5. The maximum Gasteiger partial charge on any atom is 0.257 e.